The molecule has 158 valence electrons. The number of nitrogens with one attached hydrogen (secondary N) is 1. The number of carbonyl (C=O) groups is 1. The molecular formula is C22H19Cl2N5O2. The van der Waals surface area contributed by atoms with Crippen LogP contribution in [0.1, 0.15) is 23.2 Å². The summed E-state index contributed by atoms with van der Waals surface area (Å²) in [5.74, 6) is -0.0880. The Kier molecular flexibility index (Phi) is 5.17. The monoisotopic (exact) mass is 455 g/mol. The molecule has 7 nitrogen and oxygen atoms in total. The molecule has 0 aliphatic carbocycles. The molecule has 31 heavy (non-hydrogen) atoms. The molecule has 0 bridgehead atoms. The lowest BCUT2D eigenvalue weighted by atomic mass is 10.2. The van der Waals surface area contributed by atoms with Crippen molar-refractivity contribution in [1.29, 1.82) is 0 Å². The molecule has 1 aliphatic heterocycles. The fourth-order valence-corrected chi connectivity index (χ4v) is 4.16. The zero-order chi connectivity index (χ0) is 21.5. The van der Waals surface area contributed by atoms with Gasteiger partial charge in [-0.15, -0.1) is 0 Å². The van der Waals surface area contributed by atoms with Crippen molar-refractivity contribution in [2.24, 2.45) is 0 Å². The lowest BCUT2D eigenvalue weighted by Gasteiger charge is -2.11. The van der Waals surface area contributed by atoms with Crippen molar-refractivity contribution in [3.63, 3.8) is 0 Å². The molecule has 1 atom stereocenters. The second-order valence-electron chi connectivity index (χ2n) is 7.42. The maximum Gasteiger partial charge on any atom is 0.257 e. The number of rotatable bonds is 4. The van der Waals surface area contributed by atoms with Crippen LogP contribution in [-0.2, 0) is 4.74 Å². The summed E-state index contributed by atoms with van der Waals surface area (Å²) < 4.78 is 7.29. The molecular weight excluding hydrogens is 437 g/mol. The van der Waals surface area contributed by atoms with Crippen LogP contribution in [0.3, 0.4) is 0 Å². The van der Waals surface area contributed by atoms with Gasteiger partial charge in [0.15, 0.2) is 5.65 Å². The first-order valence-corrected chi connectivity index (χ1v) is 10.7. The quantitative estimate of drug-likeness (QED) is 0.476. The molecule has 0 saturated carbocycles. The third-order valence-corrected chi connectivity index (χ3v) is 6.14. The molecule has 1 fully saturated rings. The van der Waals surface area contributed by atoms with Gasteiger partial charge in [0.1, 0.15) is 16.9 Å². The number of carbonyl (C=O) groups excluding carboxylic acids is 1. The molecule has 9 heteroatoms. The van der Waals surface area contributed by atoms with Gasteiger partial charge >= 0.3 is 0 Å². The Morgan fingerprint density at radius 1 is 1.16 bits per heavy atom. The molecule has 0 radical (unpaired) electrons. The Balaban J connectivity index is 1.68. The number of amides is 1. The first kappa shape index (κ1) is 20.1. The number of nitrogen functional groups attached to an aromatic ring is 1. The summed E-state index contributed by atoms with van der Waals surface area (Å²) in [5.41, 5.74) is 9.67. The average Bonchev–Trinajstić information content (AvgIpc) is 3.38. The van der Waals surface area contributed by atoms with Crippen molar-refractivity contribution in [2.75, 3.05) is 18.9 Å². The summed E-state index contributed by atoms with van der Waals surface area (Å²) in [6, 6.07) is 12.6. The van der Waals surface area contributed by atoms with Crippen molar-refractivity contribution in [2.45, 2.75) is 18.9 Å². The normalized spacial score (nSPS) is 16.3. The van der Waals surface area contributed by atoms with Crippen LogP contribution in [-0.4, -0.2) is 39.7 Å². The molecule has 2 aromatic heterocycles. The maximum absolute atomic E-state index is 13.2. The highest BCUT2D eigenvalue weighted by Gasteiger charge is 2.26. The van der Waals surface area contributed by atoms with Gasteiger partial charge in [-0.3, -0.25) is 9.36 Å². The zero-order valence-electron chi connectivity index (χ0n) is 16.4. The highest BCUT2D eigenvalue weighted by molar-refractivity contribution is 6.42. The zero-order valence-corrected chi connectivity index (χ0v) is 18.0. The molecule has 3 N–H and O–H groups in total. The average molecular weight is 456 g/mol. The molecule has 2 aromatic carbocycles. The molecule has 1 saturated heterocycles. The SMILES string of the molecule is Nc1c(C(=O)NC[C@H]2CCCO2)c2nc3ccccc3nc2n1-c1ccc(Cl)c(Cl)c1. The van der Waals surface area contributed by atoms with Gasteiger partial charge in [-0.1, -0.05) is 35.3 Å². The summed E-state index contributed by atoms with van der Waals surface area (Å²) in [7, 11) is 0. The van der Waals surface area contributed by atoms with E-state index in [0.29, 0.717) is 44.5 Å². The van der Waals surface area contributed by atoms with Crippen LogP contribution < -0.4 is 11.1 Å². The number of fused-ring (bicyclic) bond motifs is 2. The summed E-state index contributed by atoms with van der Waals surface area (Å²) >= 11 is 12.3. The van der Waals surface area contributed by atoms with Crippen LogP contribution in [0.25, 0.3) is 27.9 Å². The Bertz CT molecular complexity index is 1310. The number of ether oxygens (including phenoxy) is 1. The van der Waals surface area contributed by atoms with Crippen molar-refractivity contribution in [1.82, 2.24) is 19.9 Å². The minimum atomic E-state index is -0.318. The molecule has 5 rings (SSSR count). The van der Waals surface area contributed by atoms with E-state index in [0.717, 1.165) is 19.4 Å². The Morgan fingerprint density at radius 3 is 2.65 bits per heavy atom. The fourth-order valence-electron chi connectivity index (χ4n) is 3.87. The standard InChI is InChI=1S/C22H19Cl2N5O2/c23-14-8-7-12(10-15(14)24)29-20(25)18(22(30)26-11-13-4-3-9-31-13)19-21(29)28-17-6-2-1-5-16(17)27-19/h1-2,5-8,10,13H,3-4,9,11,25H2,(H,26,30)/t13-/m1/s1. The van der Waals surface area contributed by atoms with Crippen LogP contribution in [0.15, 0.2) is 42.5 Å². The lowest BCUT2D eigenvalue weighted by molar-refractivity contribution is 0.0859. The van der Waals surface area contributed by atoms with Gasteiger partial charge in [0.25, 0.3) is 5.91 Å². The number of halogens is 2. The Hall–Kier alpha value is -2.87. The van der Waals surface area contributed by atoms with Crippen LogP contribution in [0.2, 0.25) is 10.0 Å². The smallest absolute Gasteiger partial charge is 0.257 e. The minimum Gasteiger partial charge on any atom is -0.384 e. The minimum absolute atomic E-state index is 0.0144. The van der Waals surface area contributed by atoms with Gasteiger partial charge < -0.3 is 15.8 Å². The number of aromatic nitrogens is 3. The number of nitrogens with zero attached hydrogens (tertiary/aromatic N) is 3. The van der Waals surface area contributed by atoms with Gasteiger partial charge in [-0.25, -0.2) is 9.97 Å². The highest BCUT2D eigenvalue weighted by Crippen LogP contribution is 2.33. The topological polar surface area (TPSA) is 95.1 Å². The Morgan fingerprint density at radius 2 is 1.94 bits per heavy atom. The van der Waals surface area contributed by atoms with E-state index in [9.17, 15) is 4.79 Å². The van der Waals surface area contributed by atoms with E-state index in [1.54, 1.807) is 22.8 Å². The lowest BCUT2D eigenvalue weighted by Crippen LogP contribution is -2.32. The first-order valence-electron chi connectivity index (χ1n) is 9.95. The molecule has 3 heterocycles. The van der Waals surface area contributed by atoms with Gasteiger partial charge in [0.2, 0.25) is 0 Å². The number of para-hydroxylation sites is 2. The number of nitrogens with two attached hydrogens (primary N) is 1. The molecule has 0 spiro atoms. The molecule has 1 aliphatic rings. The van der Waals surface area contributed by atoms with E-state index < -0.39 is 0 Å². The largest absolute Gasteiger partial charge is 0.384 e. The predicted molar refractivity (Wildman–Crippen MR) is 122 cm³/mol. The first-order chi connectivity index (χ1) is 15.0. The van der Waals surface area contributed by atoms with Gasteiger partial charge in [-0.05, 0) is 43.2 Å². The van der Waals surface area contributed by atoms with Crippen LogP contribution in [0.5, 0.6) is 0 Å². The maximum atomic E-state index is 13.2. The predicted octanol–water partition coefficient (Wildman–Crippen LogP) is 4.37. The number of hydrogen-bond acceptors (Lipinski definition) is 5. The van der Waals surface area contributed by atoms with Crippen LogP contribution >= 0.6 is 23.2 Å². The molecule has 1 amide bonds. The van der Waals surface area contributed by atoms with Crippen molar-refractivity contribution >= 4 is 57.1 Å². The summed E-state index contributed by atoms with van der Waals surface area (Å²) in [5, 5.41) is 3.73. The number of benzene rings is 2. The van der Waals surface area contributed by atoms with Crippen LogP contribution in [0.4, 0.5) is 5.82 Å². The van der Waals surface area contributed by atoms with Crippen molar-refractivity contribution in [3.05, 3.63) is 58.1 Å². The van der Waals surface area contributed by atoms with Crippen molar-refractivity contribution in [3.8, 4) is 5.69 Å². The van der Waals surface area contributed by atoms with Gasteiger partial charge in [0, 0.05) is 13.2 Å². The van der Waals surface area contributed by atoms with E-state index in [-0.39, 0.29) is 23.4 Å². The van der Waals surface area contributed by atoms with Crippen molar-refractivity contribution < 1.29 is 9.53 Å². The van der Waals surface area contributed by atoms with Gasteiger partial charge in [-0.2, -0.15) is 0 Å². The fraction of sp³-hybridized carbons (Fsp3) is 0.227. The number of hydrogen-bond donors (Lipinski definition) is 2. The second kappa shape index (κ2) is 8.00. The number of anilines is 1. The van der Waals surface area contributed by atoms with Gasteiger partial charge in [0.05, 0.1) is 32.9 Å². The van der Waals surface area contributed by atoms with E-state index >= 15 is 0 Å². The van der Waals surface area contributed by atoms with E-state index in [4.69, 9.17) is 43.6 Å². The third kappa shape index (κ3) is 3.59. The summed E-state index contributed by atoms with van der Waals surface area (Å²) in [4.78, 5) is 22.6. The Labute approximate surface area is 188 Å². The van der Waals surface area contributed by atoms with E-state index in [1.807, 2.05) is 24.3 Å². The van der Waals surface area contributed by atoms with E-state index in [2.05, 4.69) is 5.32 Å². The summed E-state index contributed by atoms with van der Waals surface area (Å²) in [6.07, 6.45) is 1.93. The molecule has 0 unspecified atom stereocenters. The summed E-state index contributed by atoms with van der Waals surface area (Å²) in [6.45, 7) is 1.13. The third-order valence-electron chi connectivity index (χ3n) is 5.40. The van der Waals surface area contributed by atoms with E-state index in [1.165, 1.54) is 0 Å². The highest BCUT2D eigenvalue weighted by atomic mass is 35.5. The van der Waals surface area contributed by atoms with Crippen LogP contribution in [0, 0.1) is 0 Å². The molecule has 4 aromatic rings. The second-order valence-corrected chi connectivity index (χ2v) is 8.24.